The van der Waals surface area contributed by atoms with Gasteiger partial charge in [-0.1, -0.05) is 0 Å². The third-order valence-corrected chi connectivity index (χ3v) is 2.46. The lowest BCUT2D eigenvalue weighted by atomic mass is 9.93. The average molecular weight is 188 g/mol. The summed E-state index contributed by atoms with van der Waals surface area (Å²) in [5, 5.41) is 0. The van der Waals surface area contributed by atoms with Crippen LogP contribution < -0.4 is 22.7 Å². The van der Waals surface area contributed by atoms with E-state index in [2.05, 4.69) is 16.5 Å². The molecular weight excluding hydrogens is 174 g/mol. The molecule has 1 fully saturated rings. The van der Waals surface area contributed by atoms with Gasteiger partial charge in [-0.25, -0.2) is 9.55 Å². The summed E-state index contributed by atoms with van der Waals surface area (Å²) in [5.41, 5.74) is 5.62. The predicted octanol–water partition coefficient (Wildman–Crippen LogP) is -2.08. The highest BCUT2D eigenvalue weighted by molar-refractivity contribution is 5.20. The van der Waals surface area contributed by atoms with Gasteiger partial charge in [-0.3, -0.25) is 0 Å². The van der Waals surface area contributed by atoms with Gasteiger partial charge in [-0.15, -0.1) is 0 Å². The summed E-state index contributed by atoms with van der Waals surface area (Å²) in [5.74, 6) is 1.95. The Bertz CT molecular complexity index is 265. The van der Waals surface area contributed by atoms with E-state index in [1.807, 2.05) is 6.20 Å². The molecule has 0 bridgehead atoms. The zero-order valence-corrected chi connectivity index (χ0v) is 7.93. The lowest BCUT2D eigenvalue weighted by Gasteiger charge is -2.22. The molecule has 0 saturated heterocycles. The van der Waals surface area contributed by atoms with Gasteiger partial charge in [0.1, 0.15) is 6.04 Å². The van der Waals surface area contributed by atoms with E-state index in [4.69, 9.17) is 5.73 Å². The first-order valence-electron chi connectivity index (χ1n) is 4.13. The Labute approximate surface area is 78.4 Å². The normalized spacial score (nSPS) is 16.8. The number of aryl methyl sites for hydroxylation is 1. The maximum absolute atomic E-state index is 5.62. The quantitative estimate of drug-likeness (QED) is 0.488. The fraction of sp³-hybridized carbons (Fsp3) is 0.625. The molecule has 1 aromatic rings. The van der Waals surface area contributed by atoms with Crippen LogP contribution in [0.3, 0.4) is 0 Å². The van der Waals surface area contributed by atoms with Crippen LogP contribution in [0.1, 0.15) is 31.1 Å². The minimum Gasteiger partial charge on any atom is -1.00 e. The maximum atomic E-state index is 5.62. The van der Waals surface area contributed by atoms with Crippen molar-refractivity contribution in [2.24, 2.45) is 0 Å². The third kappa shape index (κ3) is 1.41. The van der Waals surface area contributed by atoms with Crippen molar-refractivity contribution in [3.63, 3.8) is 0 Å². The monoisotopic (exact) mass is 187 g/mol. The zero-order chi connectivity index (χ0) is 7.84. The molecule has 1 aliphatic rings. The summed E-state index contributed by atoms with van der Waals surface area (Å²) in [7, 11) is 0. The van der Waals surface area contributed by atoms with E-state index in [1.54, 1.807) is 0 Å². The van der Waals surface area contributed by atoms with Gasteiger partial charge in [0.05, 0.1) is 0 Å². The Morgan fingerprint density at radius 1 is 1.58 bits per heavy atom. The molecule has 0 unspecified atom stereocenters. The largest absolute Gasteiger partial charge is 1.00 e. The Kier molecular flexibility index (Phi) is 2.62. The summed E-state index contributed by atoms with van der Waals surface area (Å²) >= 11 is 0. The highest BCUT2D eigenvalue weighted by atomic mass is 35.5. The number of aromatic nitrogens is 2. The molecule has 0 aromatic carbocycles. The van der Waals surface area contributed by atoms with Gasteiger partial charge in [0.2, 0.25) is 5.82 Å². The number of H-pyrrole nitrogens is 1. The van der Waals surface area contributed by atoms with Gasteiger partial charge in [0, 0.05) is 6.92 Å². The van der Waals surface area contributed by atoms with Crippen LogP contribution in [0.15, 0.2) is 6.20 Å². The smallest absolute Gasteiger partial charge is 0.252 e. The molecular formula is C8H14ClN3. The third-order valence-electron chi connectivity index (χ3n) is 2.46. The van der Waals surface area contributed by atoms with Gasteiger partial charge in [-0.2, -0.15) is 0 Å². The van der Waals surface area contributed by atoms with Gasteiger partial charge >= 0.3 is 0 Å². The van der Waals surface area contributed by atoms with Crippen molar-refractivity contribution in [1.82, 2.24) is 4.98 Å². The van der Waals surface area contributed by atoms with E-state index in [0.29, 0.717) is 6.04 Å². The molecule has 4 heteroatoms. The summed E-state index contributed by atoms with van der Waals surface area (Å²) in [6.07, 6.45) is 5.98. The minimum atomic E-state index is 0. The van der Waals surface area contributed by atoms with Crippen LogP contribution in [-0.2, 0) is 0 Å². The van der Waals surface area contributed by atoms with Crippen molar-refractivity contribution in [3.05, 3.63) is 12.0 Å². The molecule has 0 aliphatic heterocycles. The molecule has 0 atom stereocenters. The van der Waals surface area contributed by atoms with Crippen LogP contribution in [0, 0.1) is 6.92 Å². The number of rotatable bonds is 1. The number of nitrogens with zero attached hydrogens (tertiary/aromatic N) is 1. The van der Waals surface area contributed by atoms with Crippen molar-refractivity contribution in [3.8, 4) is 0 Å². The molecule has 0 radical (unpaired) electrons. The highest BCUT2D eigenvalue weighted by Crippen LogP contribution is 2.26. The van der Waals surface area contributed by atoms with Crippen LogP contribution in [0.2, 0.25) is 0 Å². The lowest BCUT2D eigenvalue weighted by Crippen LogP contribution is -3.00. The van der Waals surface area contributed by atoms with E-state index < -0.39 is 0 Å². The van der Waals surface area contributed by atoms with Crippen LogP contribution in [-0.4, -0.2) is 4.98 Å². The molecule has 3 nitrogen and oxygen atoms in total. The van der Waals surface area contributed by atoms with E-state index >= 15 is 0 Å². The van der Waals surface area contributed by atoms with Gasteiger partial charge < -0.3 is 18.1 Å². The highest BCUT2D eigenvalue weighted by Gasteiger charge is 2.26. The molecule has 1 saturated carbocycles. The summed E-state index contributed by atoms with van der Waals surface area (Å²) in [4.78, 5) is 3.10. The first-order chi connectivity index (χ1) is 5.27. The molecule has 3 N–H and O–H groups in total. The molecule has 0 amide bonds. The number of nitrogen functional groups attached to an aromatic ring is 1. The number of aromatic amines is 1. The lowest BCUT2D eigenvalue weighted by molar-refractivity contribution is -0.736. The second kappa shape index (κ2) is 3.35. The van der Waals surface area contributed by atoms with Crippen molar-refractivity contribution < 1.29 is 17.0 Å². The number of nitrogens with two attached hydrogens (primary N) is 1. The Morgan fingerprint density at radius 2 is 2.25 bits per heavy atom. The Balaban J connectivity index is 0.000000720. The second-order valence-electron chi connectivity index (χ2n) is 3.29. The molecule has 2 rings (SSSR count). The molecule has 68 valence electrons. The standard InChI is InChI=1S/C8H13N3.ClH/c1-6-10-8(9)5-11(6)7-3-2-4-7;/h5,7H,2-4,9H2,1H3;1H. The fourth-order valence-corrected chi connectivity index (χ4v) is 1.60. The van der Waals surface area contributed by atoms with Crippen LogP contribution in [0.5, 0.6) is 0 Å². The molecule has 1 heterocycles. The second-order valence-corrected chi connectivity index (χ2v) is 3.29. The number of imidazole rings is 1. The van der Waals surface area contributed by atoms with Crippen LogP contribution in [0.25, 0.3) is 0 Å². The first kappa shape index (κ1) is 9.39. The number of nitrogens with one attached hydrogen (secondary N) is 1. The molecule has 12 heavy (non-hydrogen) atoms. The van der Waals surface area contributed by atoms with E-state index in [0.717, 1.165) is 5.82 Å². The molecule has 1 aliphatic carbocycles. The van der Waals surface area contributed by atoms with Gasteiger partial charge in [-0.05, 0) is 19.3 Å². The molecule has 0 spiro atoms. The summed E-state index contributed by atoms with van der Waals surface area (Å²) < 4.78 is 2.25. The fourth-order valence-electron chi connectivity index (χ4n) is 1.60. The summed E-state index contributed by atoms with van der Waals surface area (Å²) in [6.45, 7) is 2.06. The zero-order valence-electron chi connectivity index (χ0n) is 7.18. The summed E-state index contributed by atoms with van der Waals surface area (Å²) in [6, 6.07) is 0.712. The predicted molar refractivity (Wildman–Crippen MR) is 43.0 cm³/mol. The van der Waals surface area contributed by atoms with E-state index in [1.165, 1.54) is 25.1 Å². The number of hydrogen-bond donors (Lipinski definition) is 2. The topological polar surface area (TPSA) is 45.7 Å². The maximum Gasteiger partial charge on any atom is 0.252 e. The first-order valence-corrected chi connectivity index (χ1v) is 4.13. The minimum absolute atomic E-state index is 0. The van der Waals surface area contributed by atoms with E-state index in [-0.39, 0.29) is 12.4 Å². The number of hydrogen-bond acceptors (Lipinski definition) is 1. The van der Waals surface area contributed by atoms with Crippen molar-refractivity contribution in [1.29, 1.82) is 0 Å². The van der Waals surface area contributed by atoms with Crippen LogP contribution in [0.4, 0.5) is 5.82 Å². The Morgan fingerprint density at radius 3 is 2.58 bits per heavy atom. The Hall–Kier alpha value is -0.700. The van der Waals surface area contributed by atoms with Gasteiger partial charge in [0.15, 0.2) is 6.20 Å². The number of anilines is 1. The van der Waals surface area contributed by atoms with Crippen molar-refractivity contribution in [2.75, 3.05) is 5.73 Å². The average Bonchev–Trinajstić information content (AvgIpc) is 2.07. The SMILES string of the molecule is Cc1[nH]c(N)c[n+]1C1CCC1.[Cl-]. The van der Waals surface area contributed by atoms with E-state index in [9.17, 15) is 0 Å². The number of halogens is 1. The van der Waals surface area contributed by atoms with Crippen molar-refractivity contribution in [2.45, 2.75) is 32.2 Å². The van der Waals surface area contributed by atoms with Crippen LogP contribution >= 0.6 is 0 Å². The van der Waals surface area contributed by atoms with Gasteiger partial charge in [0.25, 0.3) is 5.82 Å². The van der Waals surface area contributed by atoms with Crippen molar-refractivity contribution >= 4 is 5.82 Å². The molecule has 1 aromatic heterocycles.